The number of hydrogen-bond acceptors (Lipinski definition) is 6. The zero-order valence-electron chi connectivity index (χ0n) is 15.3. The molecule has 1 atom stereocenters. The lowest BCUT2D eigenvalue weighted by Gasteiger charge is -2.43. The number of aromatic nitrogens is 3. The van der Waals surface area contributed by atoms with Gasteiger partial charge in [0.25, 0.3) is 0 Å². The molecular formula is C16H22ClN5O4S. The van der Waals surface area contributed by atoms with Gasteiger partial charge in [-0.3, -0.25) is 10.00 Å². The van der Waals surface area contributed by atoms with Crippen molar-refractivity contribution in [1.82, 2.24) is 19.8 Å². The van der Waals surface area contributed by atoms with Crippen LogP contribution in [0.1, 0.15) is 33.1 Å². The van der Waals surface area contributed by atoms with Gasteiger partial charge < -0.3 is 9.42 Å². The summed E-state index contributed by atoms with van der Waals surface area (Å²) in [7, 11) is -2.24. The number of piperidine rings is 1. The summed E-state index contributed by atoms with van der Waals surface area (Å²) in [5.41, 5.74) is 0. The summed E-state index contributed by atoms with van der Waals surface area (Å²) in [5.74, 6) is 0.278. The normalized spacial score (nSPS) is 18.5. The number of aryl methyl sites for hydroxylation is 1. The quantitative estimate of drug-likeness (QED) is 0.821. The van der Waals surface area contributed by atoms with Crippen LogP contribution >= 0.6 is 11.6 Å². The van der Waals surface area contributed by atoms with Gasteiger partial charge in [0.15, 0.2) is 20.8 Å². The number of halogens is 1. The average Bonchev–Trinajstić information content (AvgIpc) is 3.24. The second-order valence-electron chi connectivity index (χ2n) is 7.08. The van der Waals surface area contributed by atoms with Gasteiger partial charge in [-0.05, 0) is 33.1 Å². The number of nitrogens with zero attached hydrogens (tertiary/aromatic N) is 4. The summed E-state index contributed by atoms with van der Waals surface area (Å²) in [6, 6.07) is 0.585. The summed E-state index contributed by atoms with van der Waals surface area (Å²) >= 11 is 6.05. The molecule has 0 bridgehead atoms. The van der Waals surface area contributed by atoms with E-state index in [0.29, 0.717) is 13.0 Å². The van der Waals surface area contributed by atoms with Crippen LogP contribution in [0.25, 0.3) is 0 Å². The van der Waals surface area contributed by atoms with Gasteiger partial charge >= 0.3 is 6.03 Å². The van der Waals surface area contributed by atoms with Crippen LogP contribution in [0, 0.1) is 0 Å². The minimum Gasteiger partial charge on any atom is -0.363 e. The molecule has 1 aliphatic rings. The molecule has 1 unspecified atom stereocenters. The van der Waals surface area contributed by atoms with E-state index in [1.165, 1.54) is 23.2 Å². The van der Waals surface area contributed by atoms with Crippen molar-refractivity contribution in [2.45, 2.75) is 48.8 Å². The third-order valence-corrected chi connectivity index (χ3v) is 7.90. The number of carbonyl (C=O) groups is 1. The van der Waals surface area contributed by atoms with Crippen LogP contribution in [0.4, 0.5) is 10.6 Å². The molecule has 0 aliphatic carbocycles. The molecule has 1 saturated heterocycles. The zero-order valence-corrected chi connectivity index (χ0v) is 16.9. The fourth-order valence-electron chi connectivity index (χ4n) is 3.44. The molecule has 1 N–H and O–H groups in total. The van der Waals surface area contributed by atoms with Gasteiger partial charge in [-0.25, -0.2) is 13.2 Å². The standard InChI is InChI=1S/C16H22ClN5O4S/c1-16(2,27(24,25)11-10-21(3)19-14(11)17)12-6-4-5-8-22(12)15(23)18-13-7-9-26-20-13/h7,9-10,12H,4-6,8H2,1-3H3,(H,18,20,23). The highest BCUT2D eigenvalue weighted by atomic mass is 35.5. The summed E-state index contributed by atoms with van der Waals surface area (Å²) in [6.07, 6.45) is 4.94. The Morgan fingerprint density at radius 2 is 2.15 bits per heavy atom. The number of rotatable bonds is 4. The second kappa shape index (κ2) is 7.16. The number of urea groups is 1. The molecule has 11 heteroatoms. The molecule has 0 radical (unpaired) electrons. The van der Waals surface area contributed by atoms with Gasteiger partial charge in [0, 0.05) is 25.9 Å². The van der Waals surface area contributed by atoms with Gasteiger partial charge in [-0.1, -0.05) is 16.8 Å². The van der Waals surface area contributed by atoms with E-state index in [1.807, 2.05) is 0 Å². The first-order valence-electron chi connectivity index (χ1n) is 8.56. The summed E-state index contributed by atoms with van der Waals surface area (Å²) in [5, 5.41) is 10.2. The first-order chi connectivity index (χ1) is 12.6. The van der Waals surface area contributed by atoms with Gasteiger partial charge in [-0.2, -0.15) is 5.10 Å². The number of likely N-dealkylation sites (tertiary alicyclic amines) is 1. The third kappa shape index (κ3) is 3.55. The van der Waals surface area contributed by atoms with Crippen molar-refractivity contribution in [1.29, 1.82) is 0 Å². The molecule has 9 nitrogen and oxygen atoms in total. The lowest BCUT2D eigenvalue weighted by Crippen LogP contribution is -2.58. The molecule has 2 amide bonds. The molecular weight excluding hydrogens is 394 g/mol. The number of sulfone groups is 1. The molecule has 2 aromatic heterocycles. The maximum absolute atomic E-state index is 13.3. The monoisotopic (exact) mass is 415 g/mol. The van der Waals surface area contributed by atoms with Crippen molar-refractivity contribution in [3.8, 4) is 0 Å². The van der Waals surface area contributed by atoms with Crippen LogP contribution in [-0.2, 0) is 16.9 Å². The second-order valence-corrected chi connectivity index (χ2v) is 9.94. The molecule has 0 saturated carbocycles. The Hall–Kier alpha value is -2.07. The molecule has 148 valence electrons. The van der Waals surface area contributed by atoms with Crippen molar-refractivity contribution in [2.24, 2.45) is 7.05 Å². The Bertz CT molecular complexity index is 923. The first kappa shape index (κ1) is 19.7. The molecule has 1 aliphatic heterocycles. The molecule has 3 rings (SSSR count). The topological polar surface area (TPSA) is 110 Å². The van der Waals surface area contributed by atoms with Gasteiger partial charge in [0.05, 0.1) is 10.8 Å². The summed E-state index contributed by atoms with van der Waals surface area (Å²) in [4.78, 5) is 14.3. The van der Waals surface area contributed by atoms with Crippen molar-refractivity contribution in [3.05, 3.63) is 23.7 Å². The van der Waals surface area contributed by atoms with E-state index in [0.717, 1.165) is 12.8 Å². The maximum atomic E-state index is 13.3. The highest BCUT2D eigenvalue weighted by Crippen LogP contribution is 2.37. The number of amides is 2. The van der Waals surface area contributed by atoms with Gasteiger partial charge in [0.2, 0.25) is 0 Å². The zero-order chi connectivity index (χ0) is 19.8. The summed E-state index contributed by atoms with van der Waals surface area (Å²) in [6.45, 7) is 3.70. The fourth-order valence-corrected chi connectivity index (χ4v) is 5.63. The van der Waals surface area contributed by atoms with Crippen LogP contribution in [-0.4, -0.2) is 51.6 Å². The number of anilines is 1. The van der Waals surface area contributed by atoms with E-state index in [9.17, 15) is 13.2 Å². The molecule has 0 spiro atoms. The fraction of sp³-hybridized carbons (Fsp3) is 0.562. The smallest absolute Gasteiger partial charge is 0.323 e. The van der Waals surface area contributed by atoms with Crippen LogP contribution in [0.3, 0.4) is 0 Å². The highest BCUT2D eigenvalue weighted by Gasteiger charge is 2.48. The Morgan fingerprint density at radius 1 is 1.41 bits per heavy atom. The number of hydrogen-bond donors (Lipinski definition) is 1. The van der Waals surface area contributed by atoms with Crippen molar-refractivity contribution in [3.63, 3.8) is 0 Å². The lowest BCUT2D eigenvalue weighted by molar-refractivity contribution is 0.144. The van der Waals surface area contributed by atoms with Crippen LogP contribution in [0.2, 0.25) is 5.15 Å². The Morgan fingerprint density at radius 3 is 2.74 bits per heavy atom. The number of carbonyl (C=O) groups excluding carboxylic acids is 1. The van der Waals surface area contributed by atoms with Crippen LogP contribution in [0.15, 0.2) is 27.9 Å². The van der Waals surface area contributed by atoms with Crippen LogP contribution < -0.4 is 5.32 Å². The van der Waals surface area contributed by atoms with E-state index >= 15 is 0 Å². The van der Waals surface area contributed by atoms with Gasteiger partial charge in [0.1, 0.15) is 11.2 Å². The first-order valence-corrected chi connectivity index (χ1v) is 10.4. The van der Waals surface area contributed by atoms with Crippen molar-refractivity contribution < 1.29 is 17.7 Å². The van der Waals surface area contributed by atoms with Crippen LogP contribution in [0.5, 0.6) is 0 Å². The maximum Gasteiger partial charge on any atom is 0.323 e. The highest BCUT2D eigenvalue weighted by molar-refractivity contribution is 7.93. The minimum atomic E-state index is -3.85. The van der Waals surface area contributed by atoms with E-state index in [2.05, 4.69) is 15.6 Å². The van der Waals surface area contributed by atoms with Crippen molar-refractivity contribution >= 4 is 33.3 Å². The minimum absolute atomic E-state index is 0.0286. The Kier molecular flexibility index (Phi) is 5.22. The summed E-state index contributed by atoms with van der Waals surface area (Å²) < 4.78 is 31.5. The Balaban J connectivity index is 1.92. The largest absolute Gasteiger partial charge is 0.363 e. The van der Waals surface area contributed by atoms with Crippen molar-refractivity contribution in [2.75, 3.05) is 11.9 Å². The molecule has 27 heavy (non-hydrogen) atoms. The SMILES string of the molecule is Cn1cc(S(=O)(=O)C(C)(C)C2CCCCN2C(=O)Nc2ccon2)c(Cl)n1. The molecule has 1 fully saturated rings. The predicted molar refractivity (Wildman–Crippen MR) is 99.3 cm³/mol. The van der Waals surface area contributed by atoms with E-state index in [4.69, 9.17) is 16.1 Å². The number of nitrogens with one attached hydrogen (secondary N) is 1. The van der Waals surface area contributed by atoms with E-state index < -0.39 is 26.7 Å². The van der Waals surface area contributed by atoms with Gasteiger partial charge in [-0.15, -0.1) is 0 Å². The molecule has 0 aromatic carbocycles. The molecule has 2 aromatic rings. The third-order valence-electron chi connectivity index (χ3n) is 4.97. The lowest BCUT2D eigenvalue weighted by atomic mass is 9.92. The van der Waals surface area contributed by atoms with E-state index in [1.54, 1.807) is 25.8 Å². The predicted octanol–water partition coefficient (Wildman–Crippen LogP) is 2.70. The van der Waals surface area contributed by atoms with E-state index in [-0.39, 0.29) is 15.9 Å². The average molecular weight is 416 g/mol. The molecule has 3 heterocycles. The Labute approximate surface area is 162 Å².